The van der Waals surface area contributed by atoms with Crippen LogP contribution >= 0.6 is 23.5 Å². The summed E-state index contributed by atoms with van der Waals surface area (Å²) in [6.45, 7) is 8.07. The first-order valence-electron chi connectivity index (χ1n) is 10.6. The van der Waals surface area contributed by atoms with Crippen molar-refractivity contribution in [1.29, 1.82) is 0 Å². The molecule has 0 saturated carbocycles. The van der Waals surface area contributed by atoms with Gasteiger partial charge in [-0.15, -0.1) is 28.5 Å². The molecule has 3 aromatic rings. The van der Waals surface area contributed by atoms with Gasteiger partial charge in [-0.1, -0.05) is 54.6 Å². The number of amides is 1. The predicted molar refractivity (Wildman–Crippen MR) is 131 cm³/mol. The smallest absolute Gasteiger partial charge is 0.325 e. The van der Waals surface area contributed by atoms with Crippen molar-refractivity contribution in [2.45, 2.75) is 54.0 Å². The number of carbonyl (C=O) groups excluding carboxylic acids is 1. The van der Waals surface area contributed by atoms with E-state index >= 15 is 0 Å². The Morgan fingerprint density at radius 3 is 2.53 bits per heavy atom. The zero-order chi connectivity index (χ0) is 24.7. The number of halogens is 3. The van der Waals surface area contributed by atoms with Crippen LogP contribution in [0.15, 0.2) is 71.2 Å². The molecule has 1 unspecified atom stereocenters. The number of carbonyl (C=O) groups is 1. The number of alkyl halides is 3. The molecule has 5 nitrogen and oxygen atoms in total. The fourth-order valence-corrected chi connectivity index (χ4v) is 4.93. The van der Waals surface area contributed by atoms with E-state index in [1.165, 1.54) is 35.5 Å². The highest BCUT2D eigenvalue weighted by molar-refractivity contribution is 8.00. The lowest BCUT2D eigenvalue weighted by Gasteiger charge is -2.17. The highest BCUT2D eigenvalue weighted by atomic mass is 32.2. The summed E-state index contributed by atoms with van der Waals surface area (Å²) in [6.07, 6.45) is -2.44. The van der Waals surface area contributed by atoms with Crippen molar-refractivity contribution in [3.05, 3.63) is 78.1 Å². The van der Waals surface area contributed by atoms with Crippen LogP contribution in [0.25, 0.3) is 0 Å². The molecular weight excluding hydrogens is 481 g/mol. The number of benzene rings is 2. The lowest BCUT2D eigenvalue weighted by Crippen LogP contribution is -2.26. The molecule has 2 aromatic carbocycles. The van der Waals surface area contributed by atoms with Gasteiger partial charge in [0.2, 0.25) is 5.91 Å². The largest absolute Gasteiger partial charge is 0.418 e. The highest BCUT2D eigenvalue weighted by Crippen LogP contribution is 2.35. The molecule has 0 saturated heterocycles. The van der Waals surface area contributed by atoms with E-state index in [1.54, 1.807) is 24.8 Å². The van der Waals surface area contributed by atoms with E-state index in [1.807, 2.05) is 35.8 Å². The molecule has 1 amide bonds. The number of allylic oxidation sites excluding steroid dienone is 1. The number of aryl methyl sites for hydroxylation is 1. The lowest BCUT2D eigenvalue weighted by molar-refractivity contribution is -0.137. The van der Waals surface area contributed by atoms with E-state index in [0.29, 0.717) is 23.9 Å². The molecule has 0 aliphatic rings. The zero-order valence-corrected chi connectivity index (χ0v) is 20.4. The van der Waals surface area contributed by atoms with Gasteiger partial charge in [0, 0.05) is 11.4 Å². The van der Waals surface area contributed by atoms with Crippen LogP contribution in [0.4, 0.5) is 18.9 Å². The van der Waals surface area contributed by atoms with Gasteiger partial charge in [-0.3, -0.25) is 4.79 Å². The van der Waals surface area contributed by atoms with E-state index in [0.717, 1.165) is 16.8 Å². The van der Waals surface area contributed by atoms with Gasteiger partial charge in [-0.05, 0) is 37.6 Å². The summed E-state index contributed by atoms with van der Waals surface area (Å²) >= 11 is 2.80. The average molecular weight is 507 g/mol. The molecule has 0 spiro atoms. The van der Waals surface area contributed by atoms with Gasteiger partial charge < -0.3 is 9.88 Å². The van der Waals surface area contributed by atoms with Crippen molar-refractivity contribution in [2.24, 2.45) is 0 Å². The van der Waals surface area contributed by atoms with Gasteiger partial charge >= 0.3 is 6.18 Å². The predicted octanol–water partition coefficient (Wildman–Crippen LogP) is 6.59. The minimum absolute atomic E-state index is 0.262. The van der Waals surface area contributed by atoms with Crippen molar-refractivity contribution in [3.8, 4) is 0 Å². The lowest BCUT2D eigenvalue weighted by atomic mass is 10.1. The van der Waals surface area contributed by atoms with E-state index in [2.05, 4.69) is 22.1 Å². The number of hydrogen-bond donors (Lipinski definition) is 1. The van der Waals surface area contributed by atoms with Crippen LogP contribution in [0.2, 0.25) is 0 Å². The number of thioether (sulfide) groups is 2. The summed E-state index contributed by atoms with van der Waals surface area (Å²) in [5.74, 6) is 0.783. The highest BCUT2D eigenvalue weighted by Gasteiger charge is 2.34. The van der Waals surface area contributed by atoms with Crippen LogP contribution in [0.3, 0.4) is 0 Å². The third kappa shape index (κ3) is 6.66. The quantitative estimate of drug-likeness (QED) is 0.248. The molecule has 0 bridgehead atoms. The summed E-state index contributed by atoms with van der Waals surface area (Å²) in [7, 11) is 0. The summed E-state index contributed by atoms with van der Waals surface area (Å²) in [4.78, 5) is 14.0. The minimum Gasteiger partial charge on any atom is -0.325 e. The Balaban J connectivity index is 1.74. The maximum atomic E-state index is 13.3. The molecule has 10 heteroatoms. The van der Waals surface area contributed by atoms with Crippen molar-refractivity contribution in [1.82, 2.24) is 14.8 Å². The number of rotatable bonds is 10. The molecule has 180 valence electrons. The first-order valence-corrected chi connectivity index (χ1v) is 12.5. The summed E-state index contributed by atoms with van der Waals surface area (Å²) in [6, 6.07) is 13.1. The molecular formula is C24H25F3N4OS2. The average Bonchev–Trinajstić information content (AvgIpc) is 3.18. The number of para-hydroxylation sites is 1. The van der Waals surface area contributed by atoms with Crippen LogP contribution in [0.1, 0.15) is 30.3 Å². The normalized spacial score (nSPS) is 12.4. The monoisotopic (exact) mass is 506 g/mol. The Bertz CT molecular complexity index is 1130. The number of nitrogens with zero attached hydrogens (tertiary/aromatic N) is 3. The molecule has 0 fully saturated rings. The second-order valence-electron chi connectivity index (χ2n) is 7.45. The third-order valence-electron chi connectivity index (χ3n) is 4.90. The maximum Gasteiger partial charge on any atom is 0.418 e. The number of anilines is 1. The van der Waals surface area contributed by atoms with Gasteiger partial charge in [0.15, 0.2) is 5.16 Å². The third-order valence-corrected chi connectivity index (χ3v) is 7.25. The molecule has 1 N–H and O–H groups in total. The Morgan fingerprint density at radius 1 is 1.18 bits per heavy atom. The van der Waals surface area contributed by atoms with Crippen molar-refractivity contribution in [3.63, 3.8) is 0 Å². The van der Waals surface area contributed by atoms with E-state index in [4.69, 9.17) is 0 Å². The summed E-state index contributed by atoms with van der Waals surface area (Å²) in [5.41, 5.74) is 0.0369. The van der Waals surface area contributed by atoms with Gasteiger partial charge in [-0.2, -0.15) is 13.2 Å². The zero-order valence-electron chi connectivity index (χ0n) is 18.8. The first-order chi connectivity index (χ1) is 16.2. The van der Waals surface area contributed by atoms with Crippen molar-refractivity contribution < 1.29 is 18.0 Å². The fraction of sp³-hybridized carbons (Fsp3) is 0.292. The molecule has 1 heterocycles. The summed E-state index contributed by atoms with van der Waals surface area (Å²) < 4.78 is 41.8. The van der Waals surface area contributed by atoms with Gasteiger partial charge in [0.25, 0.3) is 0 Å². The fourth-order valence-electron chi connectivity index (χ4n) is 3.11. The van der Waals surface area contributed by atoms with Gasteiger partial charge in [0.1, 0.15) is 5.82 Å². The van der Waals surface area contributed by atoms with E-state index < -0.39 is 22.9 Å². The van der Waals surface area contributed by atoms with Crippen LogP contribution in [0.5, 0.6) is 0 Å². The van der Waals surface area contributed by atoms with Crippen LogP contribution in [-0.2, 0) is 23.3 Å². The van der Waals surface area contributed by atoms with Crippen LogP contribution in [-0.4, -0.2) is 25.9 Å². The molecule has 1 aromatic heterocycles. The Kier molecular flexibility index (Phi) is 8.84. The second kappa shape index (κ2) is 11.6. The number of nitrogens with one attached hydrogen (secondary N) is 1. The Hall–Kier alpha value is -2.72. The molecule has 0 radical (unpaired) electrons. The van der Waals surface area contributed by atoms with Gasteiger partial charge in [-0.25, -0.2) is 0 Å². The van der Waals surface area contributed by atoms with E-state index in [9.17, 15) is 18.0 Å². The molecule has 1 atom stereocenters. The summed E-state index contributed by atoms with van der Waals surface area (Å²) in [5, 5.41) is 10.8. The van der Waals surface area contributed by atoms with Crippen LogP contribution < -0.4 is 5.32 Å². The van der Waals surface area contributed by atoms with Gasteiger partial charge in [0.05, 0.1) is 22.3 Å². The molecule has 34 heavy (non-hydrogen) atoms. The second-order valence-corrected chi connectivity index (χ2v) is 9.67. The topological polar surface area (TPSA) is 59.8 Å². The molecule has 3 rings (SSSR count). The molecule has 0 aliphatic heterocycles. The Morgan fingerprint density at radius 2 is 1.88 bits per heavy atom. The van der Waals surface area contributed by atoms with Crippen molar-refractivity contribution in [2.75, 3.05) is 5.32 Å². The minimum atomic E-state index is -4.56. The van der Waals surface area contributed by atoms with Crippen molar-refractivity contribution >= 4 is 35.1 Å². The standard InChI is InChI=1S/C24H25F3N4OS2/c1-4-14-31-21(15-33-17-12-10-16(3)11-13-17)29-30-23(31)34-20(5-2)22(32)28-19-9-7-6-8-18(19)24(25,26)27/h4,6-13,20H,1,5,14-15H2,2-3H3,(H,28,32). The SMILES string of the molecule is C=CCn1c(CSc2ccc(C)cc2)nnc1SC(CC)C(=O)Nc1ccccc1C(F)(F)F. The number of aromatic nitrogens is 3. The maximum absolute atomic E-state index is 13.3. The van der Waals surface area contributed by atoms with E-state index in [-0.39, 0.29) is 5.69 Å². The number of hydrogen-bond acceptors (Lipinski definition) is 5. The molecule has 0 aliphatic carbocycles. The first kappa shape index (κ1) is 25.9. The Labute approximate surface area is 205 Å². The van der Waals surface area contributed by atoms with Crippen LogP contribution in [0, 0.1) is 6.92 Å².